The molecule has 20 heavy (non-hydrogen) atoms. The van der Waals surface area contributed by atoms with Gasteiger partial charge in [-0.1, -0.05) is 32.0 Å². The van der Waals surface area contributed by atoms with E-state index in [0.717, 1.165) is 45.0 Å². The highest BCUT2D eigenvalue weighted by molar-refractivity contribution is 5.36. The van der Waals surface area contributed by atoms with Gasteiger partial charge in [-0.3, -0.25) is 0 Å². The number of benzene rings is 1. The van der Waals surface area contributed by atoms with Crippen LogP contribution in [0.4, 0.5) is 0 Å². The highest BCUT2D eigenvalue weighted by Crippen LogP contribution is 2.32. The minimum Gasteiger partial charge on any atom is -0.493 e. The standard InChI is InChI=1S/C17H27NO2/c1-3-10-20-17-8-6-5-7-15(17)16(18-4-2)12-14-9-11-19-13-14/h5-8,14,16,18H,3-4,9-13H2,1-2H3. The summed E-state index contributed by atoms with van der Waals surface area (Å²) in [6.07, 6.45) is 3.34. The van der Waals surface area contributed by atoms with E-state index in [1.165, 1.54) is 12.0 Å². The molecule has 0 amide bonds. The van der Waals surface area contributed by atoms with Gasteiger partial charge in [0.15, 0.2) is 0 Å². The van der Waals surface area contributed by atoms with Crippen molar-refractivity contribution in [2.45, 2.75) is 39.2 Å². The topological polar surface area (TPSA) is 30.5 Å². The van der Waals surface area contributed by atoms with Crippen LogP contribution in [0.25, 0.3) is 0 Å². The van der Waals surface area contributed by atoms with Gasteiger partial charge in [-0.15, -0.1) is 0 Å². The van der Waals surface area contributed by atoms with E-state index >= 15 is 0 Å². The molecule has 0 bridgehead atoms. The molecule has 1 aliphatic heterocycles. The van der Waals surface area contributed by atoms with Gasteiger partial charge in [0.25, 0.3) is 0 Å². The van der Waals surface area contributed by atoms with E-state index in [0.29, 0.717) is 12.0 Å². The number of ether oxygens (including phenoxy) is 2. The van der Waals surface area contributed by atoms with Crippen LogP contribution in [0.15, 0.2) is 24.3 Å². The molecule has 0 spiro atoms. The van der Waals surface area contributed by atoms with Crippen molar-refractivity contribution in [3.63, 3.8) is 0 Å². The molecule has 1 aliphatic rings. The fraction of sp³-hybridized carbons (Fsp3) is 0.647. The number of para-hydroxylation sites is 1. The molecule has 2 atom stereocenters. The van der Waals surface area contributed by atoms with E-state index in [4.69, 9.17) is 9.47 Å². The molecule has 3 nitrogen and oxygen atoms in total. The van der Waals surface area contributed by atoms with Gasteiger partial charge in [0.2, 0.25) is 0 Å². The Balaban J connectivity index is 2.10. The molecule has 0 aromatic heterocycles. The maximum atomic E-state index is 5.91. The maximum Gasteiger partial charge on any atom is 0.124 e. The SMILES string of the molecule is CCCOc1ccccc1C(CC1CCOC1)NCC. The summed E-state index contributed by atoms with van der Waals surface area (Å²) in [5, 5.41) is 3.61. The van der Waals surface area contributed by atoms with E-state index in [9.17, 15) is 0 Å². The molecule has 1 saturated heterocycles. The summed E-state index contributed by atoms with van der Waals surface area (Å²) in [7, 11) is 0. The van der Waals surface area contributed by atoms with Crippen LogP contribution in [0.2, 0.25) is 0 Å². The molecule has 1 aromatic carbocycles. The molecule has 1 fully saturated rings. The summed E-state index contributed by atoms with van der Waals surface area (Å²) >= 11 is 0. The smallest absolute Gasteiger partial charge is 0.124 e. The number of hydrogen-bond acceptors (Lipinski definition) is 3. The molecule has 0 aliphatic carbocycles. The Morgan fingerprint density at radius 1 is 1.35 bits per heavy atom. The van der Waals surface area contributed by atoms with Crippen LogP contribution in [0.5, 0.6) is 5.75 Å². The number of hydrogen-bond donors (Lipinski definition) is 1. The first-order valence-corrected chi connectivity index (χ1v) is 7.88. The summed E-state index contributed by atoms with van der Waals surface area (Å²) in [5.41, 5.74) is 1.29. The van der Waals surface area contributed by atoms with Gasteiger partial charge in [-0.2, -0.15) is 0 Å². The second-order valence-electron chi connectivity index (χ2n) is 5.46. The summed E-state index contributed by atoms with van der Waals surface area (Å²) in [5.74, 6) is 1.69. The molecule has 1 aromatic rings. The van der Waals surface area contributed by atoms with Crippen molar-refractivity contribution in [2.75, 3.05) is 26.4 Å². The first-order valence-electron chi connectivity index (χ1n) is 7.88. The summed E-state index contributed by atoms with van der Waals surface area (Å²) < 4.78 is 11.4. The van der Waals surface area contributed by atoms with E-state index < -0.39 is 0 Å². The van der Waals surface area contributed by atoms with Gasteiger partial charge in [-0.25, -0.2) is 0 Å². The van der Waals surface area contributed by atoms with E-state index in [1.54, 1.807) is 0 Å². The lowest BCUT2D eigenvalue weighted by Gasteiger charge is -2.23. The third-order valence-electron chi connectivity index (χ3n) is 3.80. The van der Waals surface area contributed by atoms with Crippen molar-refractivity contribution in [2.24, 2.45) is 5.92 Å². The Morgan fingerprint density at radius 2 is 2.20 bits per heavy atom. The third kappa shape index (κ3) is 4.22. The van der Waals surface area contributed by atoms with Crippen molar-refractivity contribution in [1.82, 2.24) is 5.32 Å². The van der Waals surface area contributed by atoms with Crippen LogP contribution in [-0.2, 0) is 4.74 Å². The van der Waals surface area contributed by atoms with Gasteiger partial charge >= 0.3 is 0 Å². The van der Waals surface area contributed by atoms with Gasteiger partial charge in [0.05, 0.1) is 6.61 Å². The molecule has 2 rings (SSSR count). The van der Waals surface area contributed by atoms with Crippen molar-refractivity contribution in [1.29, 1.82) is 0 Å². The van der Waals surface area contributed by atoms with E-state index in [-0.39, 0.29) is 0 Å². The van der Waals surface area contributed by atoms with Crippen molar-refractivity contribution in [3.05, 3.63) is 29.8 Å². The highest BCUT2D eigenvalue weighted by atomic mass is 16.5. The average molecular weight is 277 g/mol. The first kappa shape index (κ1) is 15.3. The van der Waals surface area contributed by atoms with Gasteiger partial charge in [0.1, 0.15) is 5.75 Å². The molecule has 1 N–H and O–H groups in total. The molecule has 3 heteroatoms. The molecule has 0 saturated carbocycles. The normalized spacial score (nSPS) is 20.0. The lowest BCUT2D eigenvalue weighted by atomic mass is 9.93. The fourth-order valence-electron chi connectivity index (χ4n) is 2.78. The van der Waals surface area contributed by atoms with Crippen LogP contribution in [0, 0.1) is 5.92 Å². The summed E-state index contributed by atoms with van der Waals surface area (Å²) in [6.45, 7) is 7.87. The predicted octanol–water partition coefficient (Wildman–Crippen LogP) is 3.55. The predicted molar refractivity (Wildman–Crippen MR) is 82.2 cm³/mol. The molecular formula is C17H27NO2. The molecule has 1 heterocycles. The van der Waals surface area contributed by atoms with Gasteiger partial charge in [-0.05, 0) is 37.8 Å². The Hall–Kier alpha value is -1.06. The van der Waals surface area contributed by atoms with Crippen LogP contribution >= 0.6 is 0 Å². The molecule has 112 valence electrons. The second-order valence-corrected chi connectivity index (χ2v) is 5.46. The zero-order valence-electron chi connectivity index (χ0n) is 12.7. The van der Waals surface area contributed by atoms with Crippen LogP contribution in [0.3, 0.4) is 0 Å². The van der Waals surface area contributed by atoms with E-state index in [2.05, 4.69) is 43.4 Å². The van der Waals surface area contributed by atoms with Crippen LogP contribution < -0.4 is 10.1 Å². The lowest BCUT2D eigenvalue weighted by Crippen LogP contribution is -2.24. The number of rotatable bonds is 8. The monoisotopic (exact) mass is 277 g/mol. The summed E-state index contributed by atoms with van der Waals surface area (Å²) in [6, 6.07) is 8.79. The Bertz CT molecular complexity index is 388. The van der Waals surface area contributed by atoms with E-state index in [1.807, 2.05) is 0 Å². The quantitative estimate of drug-likeness (QED) is 0.788. The zero-order chi connectivity index (χ0) is 14.2. The zero-order valence-corrected chi connectivity index (χ0v) is 12.7. The Kier molecular flexibility index (Phi) is 6.34. The van der Waals surface area contributed by atoms with Gasteiger partial charge in [0, 0.05) is 24.8 Å². The lowest BCUT2D eigenvalue weighted by molar-refractivity contribution is 0.181. The molecule has 2 unspecified atom stereocenters. The second kappa shape index (κ2) is 8.28. The maximum absolute atomic E-state index is 5.91. The van der Waals surface area contributed by atoms with Gasteiger partial charge < -0.3 is 14.8 Å². The highest BCUT2D eigenvalue weighted by Gasteiger charge is 2.23. The van der Waals surface area contributed by atoms with Crippen LogP contribution in [-0.4, -0.2) is 26.4 Å². The van der Waals surface area contributed by atoms with Crippen LogP contribution in [0.1, 0.15) is 44.7 Å². The minimum absolute atomic E-state index is 0.361. The Labute approximate surface area is 122 Å². The summed E-state index contributed by atoms with van der Waals surface area (Å²) in [4.78, 5) is 0. The Morgan fingerprint density at radius 3 is 2.90 bits per heavy atom. The van der Waals surface area contributed by atoms with Crippen molar-refractivity contribution < 1.29 is 9.47 Å². The third-order valence-corrected chi connectivity index (χ3v) is 3.80. The molecular weight excluding hydrogens is 250 g/mol. The number of nitrogens with one attached hydrogen (secondary N) is 1. The molecule has 0 radical (unpaired) electrons. The fourth-order valence-corrected chi connectivity index (χ4v) is 2.78. The first-order chi connectivity index (χ1) is 9.85. The van der Waals surface area contributed by atoms with Crippen molar-refractivity contribution >= 4 is 0 Å². The van der Waals surface area contributed by atoms with Crippen molar-refractivity contribution in [3.8, 4) is 5.75 Å². The largest absolute Gasteiger partial charge is 0.493 e. The average Bonchev–Trinajstić information content (AvgIpc) is 2.98. The minimum atomic E-state index is 0.361.